The van der Waals surface area contributed by atoms with E-state index in [1.165, 1.54) is 0 Å². The van der Waals surface area contributed by atoms with Crippen molar-refractivity contribution in [2.45, 2.75) is 31.1 Å². The summed E-state index contributed by atoms with van der Waals surface area (Å²) in [6.07, 6.45) is 2.64. The molecule has 0 spiro atoms. The Morgan fingerprint density at radius 3 is 2.63 bits per heavy atom. The highest BCUT2D eigenvalue weighted by molar-refractivity contribution is 8.13. The number of hydrogen-bond donors (Lipinski definition) is 0. The first-order valence-corrected chi connectivity index (χ1v) is 8.08. The van der Waals surface area contributed by atoms with Crippen LogP contribution in [0.25, 0.3) is 0 Å². The van der Waals surface area contributed by atoms with Gasteiger partial charge in [0.1, 0.15) is 10.7 Å². The normalized spacial score (nSPS) is 11.3. The van der Waals surface area contributed by atoms with Gasteiger partial charge in [-0.25, -0.2) is 17.6 Å². The van der Waals surface area contributed by atoms with E-state index in [9.17, 15) is 17.6 Å². The maximum atomic E-state index is 13.3. The molecule has 0 aliphatic rings. The summed E-state index contributed by atoms with van der Waals surface area (Å²) in [5, 5.41) is 0. The molecule has 0 N–H and O–H groups in total. The van der Waals surface area contributed by atoms with E-state index in [2.05, 4.69) is 0 Å². The number of rotatable bonds is 6. The largest absolute Gasteiger partial charge is 0.462 e. The van der Waals surface area contributed by atoms with Crippen molar-refractivity contribution in [3.8, 4) is 0 Å². The van der Waals surface area contributed by atoms with E-state index in [0.29, 0.717) is 0 Å². The van der Waals surface area contributed by atoms with Crippen molar-refractivity contribution in [1.82, 2.24) is 0 Å². The number of benzene rings is 1. The molecule has 0 fully saturated rings. The van der Waals surface area contributed by atoms with E-state index in [0.717, 1.165) is 37.5 Å². The molecule has 1 aromatic carbocycles. The number of carbonyl (C=O) groups is 1. The van der Waals surface area contributed by atoms with Crippen LogP contribution < -0.4 is 0 Å². The molecule has 0 atom stereocenters. The lowest BCUT2D eigenvalue weighted by atomic mass is 10.2. The summed E-state index contributed by atoms with van der Waals surface area (Å²) in [5.41, 5.74) is -0.0443. The molecule has 7 heteroatoms. The molecule has 0 heterocycles. The van der Waals surface area contributed by atoms with E-state index in [1.807, 2.05) is 6.92 Å². The fourth-order valence-electron chi connectivity index (χ4n) is 1.42. The third kappa shape index (κ3) is 4.80. The van der Waals surface area contributed by atoms with Crippen LogP contribution in [0.3, 0.4) is 0 Å². The maximum absolute atomic E-state index is 13.3. The van der Waals surface area contributed by atoms with Crippen molar-refractivity contribution < 1.29 is 22.3 Å². The van der Waals surface area contributed by atoms with Crippen molar-refractivity contribution in [3.05, 3.63) is 29.6 Å². The van der Waals surface area contributed by atoms with Crippen molar-refractivity contribution >= 4 is 25.7 Å². The van der Waals surface area contributed by atoms with Crippen LogP contribution in [-0.4, -0.2) is 21.0 Å². The lowest BCUT2D eigenvalue weighted by molar-refractivity contribution is 0.0498. The molecule has 0 aromatic heterocycles. The number of esters is 1. The minimum absolute atomic E-state index is 0.0443. The monoisotopic (exact) mass is 308 g/mol. The number of ether oxygens (including phenoxy) is 1. The van der Waals surface area contributed by atoms with E-state index < -0.39 is 25.7 Å². The fourth-order valence-corrected chi connectivity index (χ4v) is 2.34. The van der Waals surface area contributed by atoms with Gasteiger partial charge in [0.15, 0.2) is 0 Å². The van der Waals surface area contributed by atoms with Gasteiger partial charge in [-0.05, 0) is 24.6 Å². The van der Waals surface area contributed by atoms with Gasteiger partial charge in [0.2, 0.25) is 0 Å². The molecule has 4 nitrogen and oxygen atoms in total. The molecule has 0 bridgehead atoms. The van der Waals surface area contributed by atoms with Gasteiger partial charge in [-0.1, -0.05) is 19.8 Å². The first-order valence-electron chi connectivity index (χ1n) is 5.77. The average molecular weight is 309 g/mol. The Morgan fingerprint density at radius 2 is 2.05 bits per heavy atom. The zero-order valence-electron chi connectivity index (χ0n) is 10.4. The smallest absolute Gasteiger partial charge is 0.338 e. The predicted molar refractivity (Wildman–Crippen MR) is 69.2 cm³/mol. The second-order valence-electron chi connectivity index (χ2n) is 3.93. The zero-order valence-corrected chi connectivity index (χ0v) is 11.9. The van der Waals surface area contributed by atoms with Crippen LogP contribution in [-0.2, 0) is 13.8 Å². The predicted octanol–water partition coefficient (Wildman–Crippen LogP) is 3.10. The van der Waals surface area contributed by atoms with E-state index in [1.54, 1.807) is 0 Å². The van der Waals surface area contributed by atoms with Crippen LogP contribution in [0, 0.1) is 5.82 Å². The molecule has 1 rings (SSSR count). The van der Waals surface area contributed by atoms with Gasteiger partial charge in [-0.2, -0.15) is 0 Å². The number of unbranched alkanes of at least 4 members (excludes halogenated alkanes) is 2. The SMILES string of the molecule is CCCCCOC(=O)c1ccc(F)c(S(=O)(=O)Cl)c1. The Kier molecular flexibility index (Phi) is 5.75. The number of hydrogen-bond acceptors (Lipinski definition) is 4. The molecule has 0 saturated carbocycles. The molecule has 0 radical (unpaired) electrons. The first-order chi connectivity index (χ1) is 8.86. The maximum Gasteiger partial charge on any atom is 0.338 e. The van der Waals surface area contributed by atoms with Gasteiger partial charge in [0, 0.05) is 10.7 Å². The van der Waals surface area contributed by atoms with Crippen molar-refractivity contribution in [1.29, 1.82) is 0 Å². The second-order valence-corrected chi connectivity index (χ2v) is 6.46. The summed E-state index contributed by atoms with van der Waals surface area (Å²) in [6, 6.07) is 2.90. The number of carbonyl (C=O) groups excluding carboxylic acids is 1. The van der Waals surface area contributed by atoms with E-state index >= 15 is 0 Å². The van der Waals surface area contributed by atoms with E-state index in [-0.39, 0.29) is 12.2 Å². The number of halogens is 2. The molecule has 0 aliphatic carbocycles. The minimum atomic E-state index is -4.23. The molecular weight excluding hydrogens is 295 g/mol. The van der Waals surface area contributed by atoms with Crippen LogP contribution in [0.2, 0.25) is 0 Å². The molecule has 106 valence electrons. The van der Waals surface area contributed by atoms with E-state index in [4.69, 9.17) is 15.4 Å². The summed E-state index contributed by atoms with van der Waals surface area (Å²) < 4.78 is 40.4. The first kappa shape index (κ1) is 15.9. The Balaban J connectivity index is 2.82. The second kappa shape index (κ2) is 6.86. The van der Waals surface area contributed by atoms with Gasteiger partial charge in [-0.15, -0.1) is 0 Å². The van der Waals surface area contributed by atoms with Crippen LogP contribution in [0.5, 0.6) is 0 Å². The quantitative estimate of drug-likeness (QED) is 0.460. The van der Waals surface area contributed by atoms with Gasteiger partial charge in [0.05, 0.1) is 12.2 Å². The molecular formula is C12H14ClFO4S. The molecule has 0 unspecified atom stereocenters. The molecule has 19 heavy (non-hydrogen) atoms. The van der Waals surface area contributed by atoms with Gasteiger partial charge < -0.3 is 4.74 Å². The molecule has 0 aliphatic heterocycles. The summed E-state index contributed by atoms with van der Waals surface area (Å²) in [4.78, 5) is 10.9. The van der Waals surface area contributed by atoms with Gasteiger partial charge in [0.25, 0.3) is 9.05 Å². The van der Waals surface area contributed by atoms with Crippen LogP contribution in [0.15, 0.2) is 23.1 Å². The highest BCUT2D eigenvalue weighted by Gasteiger charge is 2.19. The Bertz CT molecular complexity index is 557. The molecule has 0 amide bonds. The van der Waals surface area contributed by atoms with Crippen LogP contribution in [0.1, 0.15) is 36.5 Å². The topological polar surface area (TPSA) is 60.4 Å². The summed E-state index contributed by atoms with van der Waals surface area (Å²) in [7, 11) is 0.837. The van der Waals surface area contributed by atoms with Crippen molar-refractivity contribution in [3.63, 3.8) is 0 Å². The van der Waals surface area contributed by atoms with Crippen molar-refractivity contribution in [2.75, 3.05) is 6.61 Å². The lowest BCUT2D eigenvalue weighted by Crippen LogP contribution is -2.08. The Morgan fingerprint density at radius 1 is 1.37 bits per heavy atom. The molecule has 0 saturated heterocycles. The Hall–Kier alpha value is -1.14. The fraction of sp³-hybridized carbons (Fsp3) is 0.417. The summed E-state index contributed by atoms with van der Waals surface area (Å²) in [5.74, 6) is -1.70. The van der Waals surface area contributed by atoms with Gasteiger partial charge >= 0.3 is 5.97 Å². The molecule has 1 aromatic rings. The standard InChI is InChI=1S/C12H14ClFO4S/c1-2-3-4-7-18-12(15)9-5-6-10(14)11(8-9)19(13,16)17/h5-6,8H,2-4,7H2,1H3. The average Bonchev–Trinajstić information content (AvgIpc) is 2.33. The lowest BCUT2D eigenvalue weighted by Gasteiger charge is -2.06. The van der Waals surface area contributed by atoms with Gasteiger partial charge in [-0.3, -0.25) is 0 Å². The zero-order chi connectivity index (χ0) is 14.5. The highest BCUT2D eigenvalue weighted by atomic mass is 35.7. The van der Waals surface area contributed by atoms with Crippen LogP contribution >= 0.6 is 10.7 Å². The third-order valence-corrected chi connectivity index (χ3v) is 3.75. The third-order valence-electron chi connectivity index (χ3n) is 2.41. The minimum Gasteiger partial charge on any atom is -0.462 e. The highest BCUT2D eigenvalue weighted by Crippen LogP contribution is 2.20. The summed E-state index contributed by atoms with van der Waals surface area (Å²) >= 11 is 0. The van der Waals surface area contributed by atoms with Crippen molar-refractivity contribution in [2.24, 2.45) is 0 Å². The Labute approximate surface area is 115 Å². The van der Waals surface area contributed by atoms with Crippen LogP contribution in [0.4, 0.5) is 4.39 Å². The summed E-state index contributed by atoms with van der Waals surface area (Å²) in [6.45, 7) is 2.26.